The third-order valence-electron chi connectivity index (χ3n) is 20.1. The largest absolute Gasteiger partial charge is 0.462 e. The highest BCUT2D eigenvalue weighted by Gasteiger charge is 2.70. The lowest BCUT2D eigenvalue weighted by atomic mass is 9.36. The number of aliphatic hydroxyl groups is 1. The molecule has 0 bridgehead atoms. The Hall–Kier alpha value is -2.22. The van der Waals surface area contributed by atoms with E-state index in [-0.39, 0.29) is 58.0 Å². The van der Waals surface area contributed by atoms with E-state index in [9.17, 15) is 24.3 Å². The second-order valence-electron chi connectivity index (χ2n) is 25.1. The highest BCUT2D eigenvalue weighted by molar-refractivity contribution is 5.85. The fourth-order valence-corrected chi connectivity index (χ4v) is 16.2. The maximum absolute atomic E-state index is 14.2. The van der Waals surface area contributed by atoms with Crippen molar-refractivity contribution in [2.75, 3.05) is 0 Å². The Labute approximate surface area is 394 Å². The van der Waals surface area contributed by atoms with Crippen molar-refractivity contribution in [2.45, 2.75) is 266 Å². The van der Waals surface area contributed by atoms with Gasteiger partial charge in [-0.2, -0.15) is 0 Å². The summed E-state index contributed by atoms with van der Waals surface area (Å²) in [5.74, 6) is 1.66. The van der Waals surface area contributed by atoms with Crippen LogP contribution in [0.2, 0.25) is 0 Å². The molecule has 0 radical (unpaired) electrons. The molecular formula is C57H92O8. The Morgan fingerprint density at radius 2 is 1.18 bits per heavy atom. The van der Waals surface area contributed by atoms with Crippen molar-refractivity contribution >= 4 is 23.7 Å². The van der Waals surface area contributed by atoms with Crippen LogP contribution in [0.4, 0.5) is 0 Å². The van der Waals surface area contributed by atoms with Gasteiger partial charge in [0, 0.05) is 43.4 Å². The van der Waals surface area contributed by atoms with E-state index in [1.54, 1.807) is 13.8 Å². The summed E-state index contributed by atoms with van der Waals surface area (Å²) in [6.45, 7) is 17.3. The number of esters is 3. The van der Waals surface area contributed by atoms with Crippen LogP contribution in [0, 0.1) is 57.2 Å². The minimum atomic E-state index is -1.44. The molecule has 6 fully saturated rings. The molecule has 0 unspecified atom stereocenters. The van der Waals surface area contributed by atoms with Crippen LogP contribution >= 0.6 is 0 Å². The second kappa shape index (κ2) is 20.8. The number of hydrogen-bond donors (Lipinski definition) is 1. The first-order chi connectivity index (χ1) is 30.8. The molecule has 9 atom stereocenters. The average Bonchev–Trinajstić information content (AvgIpc) is 3.62. The number of ketones is 1. The van der Waals surface area contributed by atoms with Gasteiger partial charge in [-0.1, -0.05) is 149 Å². The van der Waals surface area contributed by atoms with Gasteiger partial charge in [0.25, 0.3) is 0 Å². The van der Waals surface area contributed by atoms with Crippen molar-refractivity contribution in [1.82, 2.24) is 0 Å². The summed E-state index contributed by atoms with van der Waals surface area (Å²) in [4.78, 5) is 55.3. The Morgan fingerprint density at radius 1 is 0.677 bits per heavy atom. The fourth-order valence-electron chi connectivity index (χ4n) is 16.2. The zero-order valence-electron chi connectivity index (χ0n) is 42.5. The van der Waals surface area contributed by atoms with Crippen LogP contribution in [0.3, 0.4) is 0 Å². The normalized spacial score (nSPS) is 33.9. The molecule has 7 aliphatic carbocycles. The third kappa shape index (κ3) is 11.0. The molecule has 0 aliphatic heterocycles. The maximum Gasteiger partial charge on any atom is 0.306 e. The number of carbonyl (C=O) groups excluding carboxylic acids is 4. The highest BCUT2D eigenvalue weighted by atomic mass is 16.6. The van der Waals surface area contributed by atoms with E-state index in [1.807, 2.05) is 0 Å². The van der Waals surface area contributed by atoms with Gasteiger partial charge in [-0.05, 0) is 117 Å². The molecule has 0 spiro atoms. The van der Waals surface area contributed by atoms with Crippen molar-refractivity contribution in [1.29, 1.82) is 0 Å². The summed E-state index contributed by atoms with van der Waals surface area (Å²) in [6.07, 6.45) is 26.0. The van der Waals surface area contributed by atoms with Crippen molar-refractivity contribution in [3.05, 3.63) is 11.1 Å². The number of fused-ring (bicyclic) bond motifs is 5. The third-order valence-corrected chi connectivity index (χ3v) is 20.1. The van der Waals surface area contributed by atoms with E-state index >= 15 is 0 Å². The Morgan fingerprint density at radius 3 is 1.71 bits per heavy atom. The molecule has 8 heteroatoms. The van der Waals surface area contributed by atoms with Crippen molar-refractivity contribution in [3.63, 3.8) is 0 Å². The summed E-state index contributed by atoms with van der Waals surface area (Å²) < 4.78 is 19.7. The smallest absolute Gasteiger partial charge is 0.306 e. The van der Waals surface area contributed by atoms with Crippen LogP contribution in [0.25, 0.3) is 0 Å². The Kier molecular flexibility index (Phi) is 16.2. The summed E-state index contributed by atoms with van der Waals surface area (Å²) in [6, 6.07) is 0. The average molecular weight is 905 g/mol. The number of allylic oxidation sites excluding steroid dienone is 1. The van der Waals surface area contributed by atoms with E-state index in [4.69, 9.17) is 14.2 Å². The van der Waals surface area contributed by atoms with Gasteiger partial charge in [0.2, 0.25) is 0 Å². The van der Waals surface area contributed by atoms with Crippen molar-refractivity contribution < 1.29 is 38.5 Å². The molecule has 8 nitrogen and oxygen atoms in total. The Balaban J connectivity index is 1.18. The lowest BCUT2D eigenvalue weighted by molar-refractivity contribution is -0.218. The van der Waals surface area contributed by atoms with Gasteiger partial charge in [-0.25, -0.2) is 0 Å². The number of carbonyl (C=O) groups is 4. The minimum Gasteiger partial charge on any atom is -0.462 e. The van der Waals surface area contributed by atoms with Gasteiger partial charge in [-0.3, -0.25) is 19.2 Å². The fraction of sp³-hybridized carbons (Fsp3) is 0.895. The topological polar surface area (TPSA) is 116 Å². The van der Waals surface area contributed by atoms with Gasteiger partial charge in [0.15, 0.2) is 6.10 Å². The molecule has 0 aromatic heterocycles. The molecule has 7 aliphatic rings. The monoisotopic (exact) mass is 905 g/mol. The zero-order valence-corrected chi connectivity index (χ0v) is 42.5. The van der Waals surface area contributed by atoms with E-state index < -0.39 is 23.2 Å². The molecule has 1 N–H and O–H groups in total. The maximum atomic E-state index is 14.2. The summed E-state index contributed by atoms with van der Waals surface area (Å²) in [5.41, 5.74) is 0.431. The molecule has 0 aromatic rings. The summed E-state index contributed by atoms with van der Waals surface area (Å²) >= 11 is 0. The van der Waals surface area contributed by atoms with Gasteiger partial charge in [0.05, 0.1) is 5.60 Å². The lowest BCUT2D eigenvalue weighted by Gasteiger charge is -2.69. The van der Waals surface area contributed by atoms with E-state index in [2.05, 4.69) is 41.5 Å². The van der Waals surface area contributed by atoms with Crippen molar-refractivity contribution in [2.24, 2.45) is 57.2 Å². The molecular weight excluding hydrogens is 813 g/mol. The van der Waals surface area contributed by atoms with Gasteiger partial charge in [0.1, 0.15) is 18.0 Å². The van der Waals surface area contributed by atoms with E-state index in [0.717, 1.165) is 77.0 Å². The van der Waals surface area contributed by atoms with Crippen LogP contribution in [0.1, 0.15) is 242 Å². The van der Waals surface area contributed by atoms with Gasteiger partial charge < -0.3 is 19.3 Å². The minimum absolute atomic E-state index is 0.0327. The summed E-state index contributed by atoms with van der Waals surface area (Å²) in [7, 11) is 0. The van der Waals surface area contributed by atoms with Crippen LogP contribution in [0.5, 0.6) is 0 Å². The number of Topliss-reactive ketones (excluding diaryl/α,β-unsaturated/α-hetero) is 1. The second-order valence-corrected chi connectivity index (χ2v) is 25.1. The highest BCUT2D eigenvalue weighted by Crippen LogP contribution is 2.74. The standard InChI is InChI=1S/C57H92O8/c1-38(36-45(64-49(60)28-25-40-20-14-10-15-21-40)52(54(4,5)62)65-50(61)29-26-41-22-16-11-17-23-41)42-30-34-56(7)43(42)37-44(63-48(59)27-24-39-18-12-9-13-19-39)51-55(6)33-32-47(58)53(2,3)46(55)31-35-57(51,56)8/h38-41,44-46,51-52,62H,9-37H2,1-8H3/t38-,44+,45+,46+,51+,52-,55+,56+,57+/m1/s1. The summed E-state index contributed by atoms with van der Waals surface area (Å²) in [5, 5.41) is 11.8. The quantitative estimate of drug-likeness (QED) is 0.0871. The van der Waals surface area contributed by atoms with Gasteiger partial charge >= 0.3 is 17.9 Å². The first-order valence-electron chi connectivity index (χ1n) is 27.3. The van der Waals surface area contributed by atoms with Gasteiger partial charge in [-0.15, -0.1) is 0 Å². The molecule has 0 saturated heterocycles. The number of rotatable bonds is 17. The molecule has 368 valence electrons. The number of hydrogen-bond acceptors (Lipinski definition) is 8. The van der Waals surface area contributed by atoms with Crippen LogP contribution in [0.15, 0.2) is 11.1 Å². The lowest BCUT2D eigenvalue weighted by Crippen LogP contribution is -2.66. The van der Waals surface area contributed by atoms with Crippen molar-refractivity contribution in [3.8, 4) is 0 Å². The molecule has 0 heterocycles. The molecule has 65 heavy (non-hydrogen) atoms. The zero-order chi connectivity index (χ0) is 46.8. The van der Waals surface area contributed by atoms with Crippen LogP contribution in [-0.4, -0.2) is 52.7 Å². The predicted octanol–water partition coefficient (Wildman–Crippen LogP) is 13.5. The van der Waals surface area contributed by atoms with Crippen LogP contribution < -0.4 is 0 Å². The first kappa shape index (κ1) is 50.7. The molecule has 0 aromatic carbocycles. The van der Waals surface area contributed by atoms with Crippen LogP contribution in [-0.2, 0) is 33.4 Å². The molecule has 7 rings (SSSR count). The molecule has 0 amide bonds. The predicted molar refractivity (Wildman–Crippen MR) is 257 cm³/mol. The van der Waals surface area contributed by atoms with E-state index in [1.165, 1.54) is 81.8 Å². The first-order valence-corrected chi connectivity index (χ1v) is 27.3. The SMILES string of the molecule is C[C@H](C[C@H](OC(=O)CCC1CCCCC1)[C@@H](OC(=O)CCC1CCCCC1)C(C)(C)O)C1=C2C[C@H](OC(=O)CCC3CCCCC3)[C@H]3[C@@]4(C)CCC(=O)C(C)(C)[C@@H]4CC[C@]3(C)[C@@]2(C)CC1. The Bertz CT molecular complexity index is 1700. The number of ether oxygens (including phenoxy) is 3. The van der Waals surface area contributed by atoms with E-state index in [0.29, 0.717) is 62.1 Å². The molecule has 6 saturated carbocycles.